The van der Waals surface area contributed by atoms with Crippen LogP contribution in [0.2, 0.25) is 0 Å². The number of ether oxygens (including phenoxy) is 1. The molecular weight excluding hydrogens is 232 g/mol. The zero-order valence-electron chi connectivity index (χ0n) is 9.85. The molecule has 1 heterocycles. The Morgan fingerprint density at radius 2 is 2.18 bits per heavy atom. The molecule has 4 heteroatoms. The van der Waals surface area contributed by atoms with Crippen LogP contribution in [0.25, 0.3) is 0 Å². The molecule has 2 N–H and O–H groups in total. The summed E-state index contributed by atoms with van der Waals surface area (Å²) in [7, 11) is 0. The van der Waals surface area contributed by atoms with Crippen LogP contribution in [-0.4, -0.2) is 4.98 Å². The minimum Gasteiger partial charge on any atom is -0.486 e. The lowest BCUT2D eigenvalue weighted by Crippen LogP contribution is -2.00. The van der Waals surface area contributed by atoms with Crippen LogP contribution in [0, 0.1) is 0 Å². The van der Waals surface area contributed by atoms with E-state index in [9.17, 15) is 0 Å². The fourth-order valence-corrected chi connectivity index (χ4v) is 2.30. The maximum absolute atomic E-state index is 5.78. The predicted octanol–water partition coefficient (Wildman–Crippen LogP) is 2.74. The molecule has 0 spiro atoms. The van der Waals surface area contributed by atoms with Crippen LogP contribution in [0.4, 0.5) is 0 Å². The van der Waals surface area contributed by atoms with Gasteiger partial charge in [0.1, 0.15) is 17.4 Å². The fraction of sp³-hybridized carbons (Fsp3) is 0.308. The highest BCUT2D eigenvalue weighted by molar-refractivity contribution is 7.09. The summed E-state index contributed by atoms with van der Waals surface area (Å²) in [6, 6.07) is 8.10. The Morgan fingerprint density at radius 3 is 2.88 bits per heavy atom. The van der Waals surface area contributed by atoms with Gasteiger partial charge in [-0.25, -0.2) is 4.98 Å². The van der Waals surface area contributed by atoms with Gasteiger partial charge in [0, 0.05) is 11.9 Å². The van der Waals surface area contributed by atoms with E-state index in [1.165, 1.54) is 5.56 Å². The van der Waals surface area contributed by atoms with Crippen LogP contribution in [0.1, 0.15) is 23.2 Å². The van der Waals surface area contributed by atoms with Crippen molar-refractivity contribution in [3.05, 3.63) is 45.9 Å². The third-order valence-electron chi connectivity index (χ3n) is 2.51. The monoisotopic (exact) mass is 248 g/mol. The van der Waals surface area contributed by atoms with Gasteiger partial charge >= 0.3 is 0 Å². The molecule has 0 atom stereocenters. The molecule has 2 aromatic rings. The van der Waals surface area contributed by atoms with E-state index in [1.807, 2.05) is 23.6 Å². The predicted molar refractivity (Wildman–Crippen MR) is 70.2 cm³/mol. The van der Waals surface area contributed by atoms with Crippen molar-refractivity contribution in [1.29, 1.82) is 0 Å². The summed E-state index contributed by atoms with van der Waals surface area (Å²) in [5, 5.41) is 2.95. The van der Waals surface area contributed by atoms with Gasteiger partial charge in [-0.15, -0.1) is 11.3 Å². The molecule has 0 unspecified atom stereocenters. The molecule has 17 heavy (non-hydrogen) atoms. The van der Waals surface area contributed by atoms with E-state index in [-0.39, 0.29) is 0 Å². The zero-order chi connectivity index (χ0) is 12.1. The summed E-state index contributed by atoms with van der Waals surface area (Å²) < 4.78 is 5.78. The lowest BCUT2D eigenvalue weighted by Gasteiger charge is -2.08. The van der Waals surface area contributed by atoms with Crippen molar-refractivity contribution in [2.24, 2.45) is 5.73 Å². The molecule has 2 rings (SSSR count). The maximum Gasteiger partial charge on any atom is 0.140 e. The van der Waals surface area contributed by atoms with Crippen molar-refractivity contribution in [2.75, 3.05) is 0 Å². The van der Waals surface area contributed by atoms with Crippen molar-refractivity contribution < 1.29 is 4.74 Å². The first-order chi connectivity index (χ1) is 8.33. The minimum atomic E-state index is 0.488. The second-order valence-electron chi connectivity index (χ2n) is 3.69. The highest BCUT2D eigenvalue weighted by Gasteiger charge is 2.04. The maximum atomic E-state index is 5.78. The summed E-state index contributed by atoms with van der Waals surface area (Å²) in [5.41, 5.74) is 7.67. The lowest BCUT2D eigenvalue weighted by atomic mass is 10.1. The molecule has 0 aliphatic rings. The summed E-state index contributed by atoms with van der Waals surface area (Å²) in [4.78, 5) is 4.37. The van der Waals surface area contributed by atoms with Crippen molar-refractivity contribution in [3.63, 3.8) is 0 Å². The molecular formula is C13H16N2OS. The largest absolute Gasteiger partial charge is 0.486 e. The van der Waals surface area contributed by atoms with Gasteiger partial charge in [-0.05, 0) is 18.1 Å². The Balaban J connectivity index is 2.01. The molecule has 0 bridgehead atoms. The molecule has 0 saturated carbocycles. The number of hydrogen-bond donors (Lipinski definition) is 1. The Labute approximate surface area is 105 Å². The van der Waals surface area contributed by atoms with Crippen molar-refractivity contribution in [3.8, 4) is 5.75 Å². The van der Waals surface area contributed by atoms with Gasteiger partial charge in [-0.3, -0.25) is 0 Å². The highest BCUT2D eigenvalue weighted by Crippen LogP contribution is 2.20. The van der Waals surface area contributed by atoms with Crippen LogP contribution in [0.5, 0.6) is 5.75 Å². The first-order valence-electron chi connectivity index (χ1n) is 5.67. The first-order valence-corrected chi connectivity index (χ1v) is 6.55. The molecule has 0 radical (unpaired) electrons. The topological polar surface area (TPSA) is 48.1 Å². The average Bonchev–Trinajstić information content (AvgIpc) is 2.84. The molecule has 1 aromatic carbocycles. The third-order valence-corrected chi connectivity index (χ3v) is 3.38. The van der Waals surface area contributed by atoms with Gasteiger partial charge in [-0.1, -0.05) is 25.1 Å². The smallest absolute Gasteiger partial charge is 0.140 e. The standard InChI is InChI=1S/C13H16N2OS/c1-2-10-5-3-4-6-12(10)16-8-13-15-11(7-14)9-17-13/h3-6,9H,2,7-8,14H2,1H3. The summed E-state index contributed by atoms with van der Waals surface area (Å²) in [6.07, 6.45) is 0.974. The van der Waals surface area contributed by atoms with E-state index in [4.69, 9.17) is 10.5 Å². The highest BCUT2D eigenvalue weighted by atomic mass is 32.1. The normalized spacial score (nSPS) is 10.5. The number of nitrogens with zero attached hydrogens (tertiary/aromatic N) is 1. The van der Waals surface area contributed by atoms with Gasteiger partial charge in [0.25, 0.3) is 0 Å². The van der Waals surface area contributed by atoms with E-state index in [0.717, 1.165) is 22.9 Å². The number of aromatic nitrogens is 1. The number of hydrogen-bond acceptors (Lipinski definition) is 4. The van der Waals surface area contributed by atoms with Crippen LogP contribution in [-0.2, 0) is 19.6 Å². The van der Waals surface area contributed by atoms with E-state index >= 15 is 0 Å². The Morgan fingerprint density at radius 1 is 1.35 bits per heavy atom. The second kappa shape index (κ2) is 5.80. The van der Waals surface area contributed by atoms with E-state index in [0.29, 0.717) is 13.2 Å². The quantitative estimate of drug-likeness (QED) is 0.885. The van der Waals surface area contributed by atoms with Gasteiger partial charge < -0.3 is 10.5 Å². The van der Waals surface area contributed by atoms with Crippen LogP contribution in [0.15, 0.2) is 29.6 Å². The van der Waals surface area contributed by atoms with Crippen molar-refractivity contribution >= 4 is 11.3 Å². The fourth-order valence-electron chi connectivity index (χ4n) is 1.59. The molecule has 0 amide bonds. The molecule has 90 valence electrons. The van der Waals surface area contributed by atoms with E-state index in [1.54, 1.807) is 11.3 Å². The summed E-state index contributed by atoms with van der Waals surface area (Å²) in [5.74, 6) is 0.944. The molecule has 0 aliphatic carbocycles. The number of rotatable bonds is 5. The molecule has 0 saturated heterocycles. The van der Waals surface area contributed by atoms with Crippen LogP contribution < -0.4 is 10.5 Å². The van der Waals surface area contributed by atoms with Crippen LogP contribution in [0.3, 0.4) is 0 Å². The molecule has 0 aliphatic heterocycles. The summed E-state index contributed by atoms with van der Waals surface area (Å²) >= 11 is 1.59. The van der Waals surface area contributed by atoms with Crippen molar-refractivity contribution in [2.45, 2.75) is 26.5 Å². The number of nitrogens with two attached hydrogens (primary N) is 1. The summed E-state index contributed by atoms with van der Waals surface area (Å²) in [6.45, 7) is 3.13. The van der Waals surface area contributed by atoms with Gasteiger partial charge in [0.15, 0.2) is 0 Å². The number of benzene rings is 1. The number of aryl methyl sites for hydroxylation is 1. The average molecular weight is 248 g/mol. The zero-order valence-corrected chi connectivity index (χ0v) is 10.7. The Bertz CT molecular complexity index is 482. The van der Waals surface area contributed by atoms with Gasteiger partial charge in [-0.2, -0.15) is 0 Å². The van der Waals surface area contributed by atoms with E-state index < -0.39 is 0 Å². The minimum absolute atomic E-state index is 0.488. The lowest BCUT2D eigenvalue weighted by molar-refractivity contribution is 0.302. The Kier molecular flexibility index (Phi) is 4.12. The first kappa shape index (κ1) is 12.1. The molecule has 0 fully saturated rings. The molecule has 1 aromatic heterocycles. The van der Waals surface area contributed by atoms with Crippen LogP contribution >= 0.6 is 11.3 Å². The number of thiazole rings is 1. The van der Waals surface area contributed by atoms with Gasteiger partial charge in [0.2, 0.25) is 0 Å². The molecule has 3 nitrogen and oxygen atoms in total. The second-order valence-corrected chi connectivity index (χ2v) is 4.63. The third kappa shape index (κ3) is 3.05. The Hall–Kier alpha value is -1.39. The van der Waals surface area contributed by atoms with Gasteiger partial charge in [0.05, 0.1) is 5.69 Å². The SMILES string of the molecule is CCc1ccccc1OCc1nc(CN)cs1. The van der Waals surface area contributed by atoms with Crippen molar-refractivity contribution in [1.82, 2.24) is 4.98 Å². The number of para-hydroxylation sites is 1. The van der Waals surface area contributed by atoms with E-state index in [2.05, 4.69) is 18.0 Å².